The summed E-state index contributed by atoms with van der Waals surface area (Å²) in [5.41, 5.74) is 0.998. The molecule has 0 heterocycles. The molecule has 0 unspecified atom stereocenters. The monoisotopic (exact) mass is 352 g/mol. The van der Waals surface area contributed by atoms with Gasteiger partial charge in [0.05, 0.1) is 26.5 Å². The maximum atomic E-state index is 12.5. The van der Waals surface area contributed by atoms with Crippen molar-refractivity contribution < 1.29 is 19.0 Å². The van der Waals surface area contributed by atoms with Crippen LogP contribution < -0.4 is 19.5 Å². The summed E-state index contributed by atoms with van der Waals surface area (Å²) in [5.74, 6) is 1.13. The van der Waals surface area contributed by atoms with Crippen molar-refractivity contribution in [1.82, 2.24) is 0 Å². The fourth-order valence-electron chi connectivity index (χ4n) is 2.30. The number of benzene rings is 2. The summed E-state index contributed by atoms with van der Waals surface area (Å²) in [6.07, 6.45) is 1.46. The standard InChI is InChI=1S/C20H20N2O4/c1-4-26-19-8-6-5-7-17(19)22-20(23)15(13-21)11-14-12-16(24-2)9-10-18(14)25-3/h5-12H,4H2,1-3H3,(H,22,23)/b15-11+. The molecule has 0 bridgehead atoms. The largest absolute Gasteiger partial charge is 0.497 e. The lowest BCUT2D eigenvalue weighted by atomic mass is 10.1. The highest BCUT2D eigenvalue weighted by molar-refractivity contribution is 6.10. The summed E-state index contributed by atoms with van der Waals surface area (Å²) in [6.45, 7) is 2.32. The Hall–Kier alpha value is -3.46. The quantitative estimate of drug-likeness (QED) is 0.608. The summed E-state index contributed by atoms with van der Waals surface area (Å²) in [4.78, 5) is 12.5. The summed E-state index contributed by atoms with van der Waals surface area (Å²) in [5, 5.41) is 12.1. The van der Waals surface area contributed by atoms with Crippen LogP contribution in [0.2, 0.25) is 0 Å². The number of carbonyl (C=O) groups excluding carboxylic acids is 1. The van der Waals surface area contributed by atoms with Crippen molar-refractivity contribution in [3.05, 3.63) is 53.6 Å². The number of anilines is 1. The van der Waals surface area contributed by atoms with Gasteiger partial charge in [-0.15, -0.1) is 0 Å². The Morgan fingerprint density at radius 1 is 1.15 bits per heavy atom. The minimum absolute atomic E-state index is 0.0668. The molecule has 0 aliphatic rings. The molecule has 1 N–H and O–H groups in total. The smallest absolute Gasteiger partial charge is 0.266 e. The summed E-state index contributed by atoms with van der Waals surface area (Å²) < 4.78 is 15.9. The third kappa shape index (κ3) is 4.54. The average Bonchev–Trinajstić information content (AvgIpc) is 2.67. The number of nitrogens with zero attached hydrogens (tertiary/aromatic N) is 1. The van der Waals surface area contributed by atoms with Gasteiger partial charge >= 0.3 is 0 Å². The molecule has 6 heteroatoms. The van der Waals surface area contributed by atoms with E-state index in [1.54, 1.807) is 36.4 Å². The van der Waals surface area contributed by atoms with E-state index in [0.29, 0.717) is 35.1 Å². The van der Waals surface area contributed by atoms with Crippen LogP contribution in [0, 0.1) is 11.3 Å². The van der Waals surface area contributed by atoms with Crippen molar-refractivity contribution in [3.8, 4) is 23.3 Å². The molecule has 6 nitrogen and oxygen atoms in total. The van der Waals surface area contributed by atoms with Gasteiger partial charge in [0.15, 0.2) is 0 Å². The second-order valence-corrected chi connectivity index (χ2v) is 5.16. The van der Waals surface area contributed by atoms with Crippen molar-refractivity contribution in [2.24, 2.45) is 0 Å². The number of nitriles is 1. The van der Waals surface area contributed by atoms with Gasteiger partial charge in [-0.25, -0.2) is 0 Å². The van der Waals surface area contributed by atoms with Crippen LogP contribution in [0.3, 0.4) is 0 Å². The van der Waals surface area contributed by atoms with Gasteiger partial charge in [-0.1, -0.05) is 12.1 Å². The van der Waals surface area contributed by atoms with Crippen molar-refractivity contribution in [2.75, 3.05) is 26.1 Å². The van der Waals surface area contributed by atoms with Crippen LogP contribution in [0.15, 0.2) is 48.0 Å². The first-order valence-electron chi connectivity index (χ1n) is 8.00. The van der Waals surface area contributed by atoms with Gasteiger partial charge < -0.3 is 19.5 Å². The van der Waals surface area contributed by atoms with Crippen LogP contribution >= 0.6 is 0 Å². The van der Waals surface area contributed by atoms with Crippen molar-refractivity contribution in [1.29, 1.82) is 5.26 Å². The third-order valence-corrected chi connectivity index (χ3v) is 3.54. The first-order valence-corrected chi connectivity index (χ1v) is 8.00. The van der Waals surface area contributed by atoms with Crippen molar-refractivity contribution in [3.63, 3.8) is 0 Å². The van der Waals surface area contributed by atoms with E-state index in [2.05, 4.69) is 5.32 Å². The Kier molecular flexibility index (Phi) is 6.63. The van der Waals surface area contributed by atoms with Crippen LogP contribution in [0.5, 0.6) is 17.2 Å². The third-order valence-electron chi connectivity index (χ3n) is 3.54. The molecule has 2 rings (SSSR count). The van der Waals surface area contributed by atoms with E-state index in [1.807, 2.05) is 19.1 Å². The number of hydrogen-bond donors (Lipinski definition) is 1. The molecular weight excluding hydrogens is 332 g/mol. The minimum Gasteiger partial charge on any atom is -0.497 e. The van der Waals surface area contributed by atoms with Gasteiger partial charge in [-0.05, 0) is 43.3 Å². The molecule has 0 atom stereocenters. The zero-order chi connectivity index (χ0) is 18.9. The average molecular weight is 352 g/mol. The predicted molar refractivity (Wildman–Crippen MR) is 99.4 cm³/mol. The van der Waals surface area contributed by atoms with Gasteiger partial charge in [-0.3, -0.25) is 4.79 Å². The highest BCUT2D eigenvalue weighted by atomic mass is 16.5. The van der Waals surface area contributed by atoms with Crippen LogP contribution in [0.1, 0.15) is 12.5 Å². The van der Waals surface area contributed by atoms with Crippen LogP contribution in [-0.4, -0.2) is 26.7 Å². The van der Waals surface area contributed by atoms with Gasteiger partial charge in [0, 0.05) is 5.56 Å². The number of amides is 1. The predicted octanol–water partition coefficient (Wildman–Crippen LogP) is 3.65. The zero-order valence-corrected chi connectivity index (χ0v) is 14.9. The first-order chi connectivity index (χ1) is 12.6. The van der Waals surface area contributed by atoms with E-state index in [4.69, 9.17) is 14.2 Å². The first kappa shape index (κ1) is 18.9. The lowest BCUT2D eigenvalue weighted by Gasteiger charge is -2.11. The Labute approximate surface area is 152 Å². The maximum absolute atomic E-state index is 12.5. The van der Waals surface area contributed by atoms with E-state index in [9.17, 15) is 10.1 Å². The normalized spacial score (nSPS) is 10.6. The molecule has 2 aromatic rings. The van der Waals surface area contributed by atoms with Gasteiger partial charge in [0.1, 0.15) is 28.9 Å². The second-order valence-electron chi connectivity index (χ2n) is 5.16. The second kappa shape index (κ2) is 9.14. The van der Waals surface area contributed by atoms with Crippen molar-refractivity contribution >= 4 is 17.7 Å². The number of hydrogen-bond acceptors (Lipinski definition) is 5. The molecule has 0 saturated carbocycles. The van der Waals surface area contributed by atoms with Crippen LogP contribution in [0.25, 0.3) is 6.08 Å². The molecule has 2 aromatic carbocycles. The van der Waals surface area contributed by atoms with Gasteiger partial charge in [0.25, 0.3) is 5.91 Å². The molecule has 26 heavy (non-hydrogen) atoms. The minimum atomic E-state index is -0.537. The lowest BCUT2D eigenvalue weighted by molar-refractivity contribution is -0.112. The number of nitrogens with one attached hydrogen (secondary N) is 1. The molecule has 1 amide bonds. The summed E-state index contributed by atoms with van der Waals surface area (Å²) >= 11 is 0. The molecule has 0 spiro atoms. The van der Waals surface area contributed by atoms with Crippen LogP contribution in [-0.2, 0) is 4.79 Å². The molecule has 0 saturated heterocycles. The Bertz CT molecular complexity index is 853. The van der Waals surface area contributed by atoms with E-state index in [1.165, 1.54) is 20.3 Å². The Balaban J connectivity index is 2.33. The number of carbonyl (C=O) groups is 1. The fraction of sp³-hybridized carbons (Fsp3) is 0.200. The maximum Gasteiger partial charge on any atom is 0.266 e. The lowest BCUT2D eigenvalue weighted by Crippen LogP contribution is -2.14. The Morgan fingerprint density at radius 2 is 1.92 bits per heavy atom. The van der Waals surface area contributed by atoms with Gasteiger partial charge in [0.2, 0.25) is 0 Å². The fourth-order valence-corrected chi connectivity index (χ4v) is 2.30. The summed E-state index contributed by atoms with van der Waals surface area (Å²) in [6, 6.07) is 14.1. The van der Waals surface area contributed by atoms with E-state index < -0.39 is 5.91 Å². The van der Waals surface area contributed by atoms with E-state index in [-0.39, 0.29) is 5.57 Å². The van der Waals surface area contributed by atoms with E-state index in [0.717, 1.165) is 0 Å². The van der Waals surface area contributed by atoms with Crippen molar-refractivity contribution in [2.45, 2.75) is 6.92 Å². The SMILES string of the molecule is CCOc1ccccc1NC(=O)/C(C#N)=C/c1cc(OC)ccc1OC. The molecular formula is C20H20N2O4. The zero-order valence-electron chi connectivity index (χ0n) is 14.9. The number of methoxy groups -OCH3 is 2. The topological polar surface area (TPSA) is 80.6 Å². The number of para-hydroxylation sites is 2. The highest BCUT2D eigenvalue weighted by Crippen LogP contribution is 2.27. The summed E-state index contributed by atoms with van der Waals surface area (Å²) in [7, 11) is 3.06. The molecule has 0 radical (unpaired) electrons. The molecule has 0 aliphatic heterocycles. The number of ether oxygens (including phenoxy) is 3. The highest BCUT2D eigenvalue weighted by Gasteiger charge is 2.14. The van der Waals surface area contributed by atoms with Crippen LogP contribution in [0.4, 0.5) is 5.69 Å². The molecule has 0 aromatic heterocycles. The number of rotatable bonds is 7. The molecule has 134 valence electrons. The van der Waals surface area contributed by atoms with E-state index >= 15 is 0 Å². The molecule has 0 aliphatic carbocycles. The van der Waals surface area contributed by atoms with Gasteiger partial charge in [-0.2, -0.15) is 5.26 Å². The molecule has 0 fully saturated rings. The Morgan fingerprint density at radius 3 is 2.58 bits per heavy atom.